The summed E-state index contributed by atoms with van der Waals surface area (Å²) in [6.07, 6.45) is 0. The summed E-state index contributed by atoms with van der Waals surface area (Å²) in [6.45, 7) is 3.36. The van der Waals surface area contributed by atoms with Crippen LogP contribution in [0.5, 0.6) is 0 Å². The number of sulfonamides is 1. The van der Waals surface area contributed by atoms with E-state index >= 15 is 0 Å². The minimum absolute atomic E-state index is 0.134. The number of fused-ring (bicyclic) bond motifs is 1. The molecule has 25 heavy (non-hydrogen) atoms. The molecular weight excluding hydrogens is 362 g/mol. The number of aromatic nitrogens is 3. The van der Waals surface area contributed by atoms with Crippen molar-refractivity contribution in [1.29, 1.82) is 0 Å². The van der Waals surface area contributed by atoms with Crippen molar-refractivity contribution in [2.24, 2.45) is 0 Å². The van der Waals surface area contributed by atoms with Gasteiger partial charge in [0.1, 0.15) is 0 Å². The Bertz CT molecular complexity index is 1040. The molecule has 2 aromatic heterocycles. The van der Waals surface area contributed by atoms with Gasteiger partial charge in [0.15, 0.2) is 5.82 Å². The Kier molecular flexibility index (Phi) is 4.58. The van der Waals surface area contributed by atoms with Crippen LogP contribution in [0.25, 0.3) is 10.2 Å². The van der Waals surface area contributed by atoms with Crippen LogP contribution in [0.4, 0.5) is 5.82 Å². The first-order chi connectivity index (χ1) is 11.8. The van der Waals surface area contributed by atoms with Crippen LogP contribution in [0.3, 0.4) is 0 Å². The summed E-state index contributed by atoms with van der Waals surface area (Å²) in [7, 11) is -2.41. The highest BCUT2D eigenvalue weighted by atomic mass is 32.2. The Morgan fingerprint density at radius 1 is 1.32 bits per heavy atom. The minimum Gasteiger partial charge on any atom is -0.308 e. The fourth-order valence-corrected chi connectivity index (χ4v) is 4.41. The molecule has 0 fully saturated rings. The smallest absolute Gasteiger partial charge is 0.243 e. The molecule has 0 spiro atoms. The van der Waals surface area contributed by atoms with Crippen LogP contribution in [0.1, 0.15) is 10.7 Å². The molecule has 0 radical (unpaired) electrons. The summed E-state index contributed by atoms with van der Waals surface area (Å²) < 4.78 is 27.2. The largest absolute Gasteiger partial charge is 0.308 e. The maximum atomic E-state index is 12.7. The Labute approximate surface area is 148 Å². The zero-order valence-electron chi connectivity index (χ0n) is 13.9. The number of anilines is 1. The summed E-state index contributed by atoms with van der Waals surface area (Å²) in [5, 5.41) is 10.0. The van der Waals surface area contributed by atoms with Crippen molar-refractivity contribution in [2.75, 3.05) is 18.9 Å². The fourth-order valence-electron chi connectivity index (χ4n) is 2.31. The molecule has 0 aliphatic rings. The average Bonchev–Trinajstić information content (AvgIpc) is 3.10. The molecule has 2 N–H and O–H groups in total. The zero-order valence-corrected chi connectivity index (χ0v) is 15.5. The number of likely N-dealkylation sites (N-methyl/N-ethyl adjacent to an activating group) is 1. The van der Waals surface area contributed by atoms with Crippen molar-refractivity contribution < 1.29 is 13.2 Å². The lowest BCUT2D eigenvalue weighted by molar-refractivity contribution is -0.116. The van der Waals surface area contributed by atoms with Gasteiger partial charge in [0.05, 0.1) is 26.7 Å². The highest BCUT2D eigenvalue weighted by molar-refractivity contribution is 7.89. The summed E-state index contributed by atoms with van der Waals surface area (Å²) in [5.74, 6) is -0.109. The second-order valence-corrected chi connectivity index (χ2v) is 8.89. The van der Waals surface area contributed by atoms with Crippen LogP contribution >= 0.6 is 11.3 Å². The molecule has 1 aromatic carbocycles. The lowest BCUT2D eigenvalue weighted by Crippen LogP contribution is -2.35. The number of benzene rings is 1. The average molecular weight is 379 g/mol. The number of amides is 1. The van der Waals surface area contributed by atoms with Crippen LogP contribution in [0.2, 0.25) is 0 Å². The van der Waals surface area contributed by atoms with E-state index in [0.717, 1.165) is 25.2 Å². The molecule has 8 nitrogen and oxygen atoms in total. The lowest BCUT2D eigenvalue weighted by Gasteiger charge is -2.16. The summed E-state index contributed by atoms with van der Waals surface area (Å²) in [4.78, 5) is 16.5. The molecular formula is C15H17N5O3S2. The van der Waals surface area contributed by atoms with E-state index in [0.29, 0.717) is 5.82 Å². The maximum Gasteiger partial charge on any atom is 0.243 e. The summed E-state index contributed by atoms with van der Waals surface area (Å²) >= 11 is 1.43. The maximum absolute atomic E-state index is 12.7. The molecule has 0 saturated heterocycles. The van der Waals surface area contributed by atoms with E-state index in [-0.39, 0.29) is 11.4 Å². The monoisotopic (exact) mass is 379 g/mol. The van der Waals surface area contributed by atoms with E-state index in [2.05, 4.69) is 20.5 Å². The van der Waals surface area contributed by atoms with Crippen molar-refractivity contribution >= 4 is 43.3 Å². The van der Waals surface area contributed by atoms with E-state index in [9.17, 15) is 13.2 Å². The van der Waals surface area contributed by atoms with Crippen molar-refractivity contribution in [3.63, 3.8) is 0 Å². The van der Waals surface area contributed by atoms with Crippen molar-refractivity contribution in [2.45, 2.75) is 18.7 Å². The van der Waals surface area contributed by atoms with Crippen LogP contribution in [0, 0.1) is 13.8 Å². The van der Waals surface area contributed by atoms with Gasteiger partial charge in [0, 0.05) is 18.8 Å². The second kappa shape index (κ2) is 6.54. The summed E-state index contributed by atoms with van der Waals surface area (Å²) in [5.41, 5.74) is 1.56. The van der Waals surface area contributed by atoms with Gasteiger partial charge in [-0.25, -0.2) is 13.4 Å². The van der Waals surface area contributed by atoms with E-state index in [4.69, 9.17) is 0 Å². The van der Waals surface area contributed by atoms with Crippen molar-refractivity contribution in [1.82, 2.24) is 19.5 Å². The van der Waals surface area contributed by atoms with Crippen molar-refractivity contribution in [3.05, 3.63) is 35.0 Å². The van der Waals surface area contributed by atoms with E-state index in [1.807, 2.05) is 6.92 Å². The quantitative estimate of drug-likeness (QED) is 0.704. The molecule has 2 heterocycles. The van der Waals surface area contributed by atoms with Gasteiger partial charge in [-0.1, -0.05) is 0 Å². The third-order valence-corrected chi connectivity index (χ3v) is 6.25. The number of nitrogens with zero attached hydrogens (tertiary/aromatic N) is 3. The molecule has 10 heteroatoms. The van der Waals surface area contributed by atoms with Crippen molar-refractivity contribution in [3.8, 4) is 0 Å². The number of nitrogens with one attached hydrogen (secondary N) is 2. The zero-order chi connectivity index (χ0) is 18.2. The molecule has 132 valence electrons. The topological polar surface area (TPSA) is 108 Å². The van der Waals surface area contributed by atoms with E-state index in [1.165, 1.54) is 24.5 Å². The molecule has 0 bridgehead atoms. The third kappa shape index (κ3) is 3.70. The van der Waals surface area contributed by atoms with Crippen LogP contribution in [0.15, 0.2) is 29.2 Å². The van der Waals surface area contributed by atoms with Gasteiger partial charge in [-0.15, -0.1) is 11.3 Å². The molecule has 0 aliphatic carbocycles. The number of rotatable bonds is 5. The highest BCUT2D eigenvalue weighted by Crippen LogP contribution is 2.25. The van der Waals surface area contributed by atoms with Gasteiger partial charge in [-0.2, -0.15) is 9.40 Å². The number of hydrogen-bond donors (Lipinski definition) is 2. The molecule has 0 aliphatic heterocycles. The summed E-state index contributed by atoms with van der Waals surface area (Å²) in [6, 6.07) is 6.42. The first kappa shape index (κ1) is 17.5. The molecule has 0 saturated carbocycles. The number of carbonyl (C=O) groups excluding carboxylic acids is 1. The third-order valence-electron chi connectivity index (χ3n) is 3.51. The molecule has 0 atom stereocenters. The van der Waals surface area contributed by atoms with Gasteiger partial charge >= 0.3 is 0 Å². The van der Waals surface area contributed by atoms with Crippen LogP contribution in [-0.4, -0.2) is 47.4 Å². The standard InChI is InChI=1S/C15H17N5O3S2/c1-9-6-14(19-18-9)17-15(21)8-20(3)25(22,23)11-4-5-12-13(7-11)24-10(2)16-12/h4-7H,8H2,1-3H3,(H2,17,18,19,21). The van der Waals surface area contributed by atoms with Gasteiger partial charge < -0.3 is 5.32 Å². The van der Waals surface area contributed by atoms with Gasteiger partial charge in [0.2, 0.25) is 15.9 Å². The predicted molar refractivity (Wildman–Crippen MR) is 96.1 cm³/mol. The molecule has 3 aromatic rings. The number of carbonyl (C=O) groups is 1. The number of H-pyrrole nitrogens is 1. The highest BCUT2D eigenvalue weighted by Gasteiger charge is 2.24. The Morgan fingerprint density at radius 3 is 2.76 bits per heavy atom. The normalized spacial score (nSPS) is 12.0. The van der Waals surface area contributed by atoms with Crippen LogP contribution < -0.4 is 5.32 Å². The SMILES string of the molecule is Cc1cc(NC(=O)CN(C)S(=O)(=O)c2ccc3nc(C)sc3c2)n[nH]1. The van der Waals surface area contributed by atoms with Crippen LogP contribution in [-0.2, 0) is 14.8 Å². The Hall–Kier alpha value is -2.30. The second-order valence-electron chi connectivity index (χ2n) is 5.61. The minimum atomic E-state index is -3.78. The molecule has 3 rings (SSSR count). The number of hydrogen-bond acceptors (Lipinski definition) is 6. The number of thiazole rings is 1. The Morgan fingerprint density at radius 2 is 2.08 bits per heavy atom. The first-order valence-electron chi connectivity index (χ1n) is 7.41. The molecule has 1 amide bonds. The van der Waals surface area contributed by atoms with E-state index in [1.54, 1.807) is 25.1 Å². The molecule has 0 unspecified atom stereocenters. The van der Waals surface area contributed by atoms with E-state index < -0.39 is 15.9 Å². The van der Waals surface area contributed by atoms with Gasteiger partial charge in [-0.3, -0.25) is 9.89 Å². The lowest BCUT2D eigenvalue weighted by atomic mass is 10.3. The fraction of sp³-hybridized carbons (Fsp3) is 0.267. The Balaban J connectivity index is 1.76. The number of aromatic amines is 1. The van der Waals surface area contributed by atoms with Gasteiger partial charge in [0.25, 0.3) is 0 Å². The predicted octanol–water partition coefficient (Wildman–Crippen LogP) is 1.90. The first-order valence-corrected chi connectivity index (χ1v) is 9.67. The van der Waals surface area contributed by atoms with Gasteiger partial charge in [-0.05, 0) is 32.0 Å². The number of aryl methyl sites for hydroxylation is 2.